The molecule has 4 nitrogen and oxygen atoms in total. The van der Waals surface area contributed by atoms with Crippen molar-refractivity contribution in [1.82, 2.24) is 9.78 Å². The highest BCUT2D eigenvalue weighted by Gasteiger charge is 2.07. The predicted octanol–water partition coefficient (Wildman–Crippen LogP) is 1.83. The monoisotopic (exact) mass is 230 g/mol. The summed E-state index contributed by atoms with van der Waals surface area (Å²) >= 11 is 0. The quantitative estimate of drug-likeness (QED) is 0.855. The van der Waals surface area contributed by atoms with Crippen LogP contribution in [0.5, 0.6) is 0 Å². The van der Waals surface area contributed by atoms with Gasteiger partial charge in [-0.3, -0.25) is 4.68 Å². The van der Waals surface area contributed by atoms with Gasteiger partial charge < -0.3 is 5.73 Å². The number of aryl methyl sites for hydroxylation is 1. The lowest BCUT2D eigenvalue weighted by Crippen LogP contribution is -2.03. The van der Waals surface area contributed by atoms with Crippen LogP contribution in [0.25, 0.3) is 0 Å². The molecule has 0 atom stereocenters. The van der Waals surface area contributed by atoms with E-state index in [1.165, 1.54) is 18.2 Å². The van der Waals surface area contributed by atoms with Crippen LogP contribution in [0.4, 0.5) is 10.2 Å². The van der Waals surface area contributed by atoms with Crippen molar-refractivity contribution in [1.29, 1.82) is 5.26 Å². The highest BCUT2D eigenvalue weighted by Crippen LogP contribution is 2.14. The number of rotatable bonds is 2. The van der Waals surface area contributed by atoms with Crippen LogP contribution in [0.2, 0.25) is 0 Å². The molecule has 5 heteroatoms. The molecule has 0 fully saturated rings. The highest BCUT2D eigenvalue weighted by molar-refractivity contribution is 5.39. The Morgan fingerprint density at radius 1 is 1.53 bits per heavy atom. The van der Waals surface area contributed by atoms with Gasteiger partial charge in [0.25, 0.3) is 0 Å². The smallest absolute Gasteiger partial charge is 0.148 e. The van der Waals surface area contributed by atoms with Crippen molar-refractivity contribution in [2.24, 2.45) is 0 Å². The number of anilines is 1. The summed E-state index contributed by atoms with van der Waals surface area (Å²) in [6.07, 6.45) is 1.77. The van der Waals surface area contributed by atoms with Crippen LogP contribution in [0.3, 0.4) is 0 Å². The van der Waals surface area contributed by atoms with Crippen molar-refractivity contribution >= 4 is 5.82 Å². The van der Waals surface area contributed by atoms with Gasteiger partial charge in [0, 0.05) is 11.8 Å². The lowest BCUT2D eigenvalue weighted by Gasteiger charge is -2.04. The first-order chi connectivity index (χ1) is 8.10. The van der Waals surface area contributed by atoms with Gasteiger partial charge in [0.2, 0.25) is 0 Å². The summed E-state index contributed by atoms with van der Waals surface area (Å²) in [4.78, 5) is 0. The minimum absolute atomic E-state index is 0.332. The molecule has 0 aliphatic carbocycles. The van der Waals surface area contributed by atoms with E-state index in [1.54, 1.807) is 10.9 Å². The summed E-state index contributed by atoms with van der Waals surface area (Å²) in [6.45, 7) is 2.17. The molecule has 0 amide bonds. The summed E-state index contributed by atoms with van der Waals surface area (Å²) in [5.41, 5.74) is 7.52. The topological polar surface area (TPSA) is 67.6 Å². The summed E-state index contributed by atoms with van der Waals surface area (Å²) in [7, 11) is 0. The molecule has 0 unspecified atom stereocenters. The zero-order valence-electron chi connectivity index (χ0n) is 9.31. The van der Waals surface area contributed by atoms with Crippen LogP contribution in [-0.2, 0) is 6.54 Å². The molecular weight excluding hydrogens is 219 g/mol. The zero-order chi connectivity index (χ0) is 12.4. The summed E-state index contributed by atoms with van der Waals surface area (Å²) in [5, 5.41) is 13.0. The second-order valence-corrected chi connectivity index (χ2v) is 3.81. The maximum atomic E-state index is 13.1. The molecule has 0 bridgehead atoms. The van der Waals surface area contributed by atoms with E-state index >= 15 is 0 Å². The van der Waals surface area contributed by atoms with E-state index in [1.807, 2.05) is 13.0 Å². The SMILES string of the molecule is Cc1cn(Cc2cc(F)ccc2C#N)nc1N. The molecular formula is C12H11FN4. The molecule has 1 aromatic carbocycles. The van der Waals surface area contributed by atoms with Crippen molar-refractivity contribution in [3.8, 4) is 6.07 Å². The number of hydrogen-bond acceptors (Lipinski definition) is 3. The Hall–Kier alpha value is -2.35. The second kappa shape index (κ2) is 4.26. The van der Waals surface area contributed by atoms with Crippen molar-refractivity contribution in [2.75, 3.05) is 5.73 Å². The van der Waals surface area contributed by atoms with Crippen LogP contribution in [0, 0.1) is 24.1 Å². The van der Waals surface area contributed by atoms with Crippen LogP contribution >= 0.6 is 0 Å². The Kier molecular flexibility index (Phi) is 2.79. The van der Waals surface area contributed by atoms with Gasteiger partial charge in [-0.05, 0) is 30.7 Å². The van der Waals surface area contributed by atoms with E-state index in [4.69, 9.17) is 11.0 Å². The first-order valence-corrected chi connectivity index (χ1v) is 5.08. The minimum Gasteiger partial charge on any atom is -0.382 e. The number of halogens is 1. The fourth-order valence-corrected chi connectivity index (χ4v) is 1.59. The molecule has 86 valence electrons. The molecule has 2 rings (SSSR count). The van der Waals surface area contributed by atoms with E-state index in [2.05, 4.69) is 5.10 Å². The third-order valence-electron chi connectivity index (χ3n) is 2.50. The number of benzene rings is 1. The third-order valence-corrected chi connectivity index (χ3v) is 2.50. The van der Waals surface area contributed by atoms with Gasteiger partial charge in [0.15, 0.2) is 0 Å². The molecule has 2 N–H and O–H groups in total. The zero-order valence-corrected chi connectivity index (χ0v) is 9.31. The summed E-state index contributed by atoms with van der Waals surface area (Å²) in [5.74, 6) is 0.0794. The van der Waals surface area contributed by atoms with Crippen LogP contribution in [0.15, 0.2) is 24.4 Å². The van der Waals surface area contributed by atoms with Crippen molar-refractivity contribution < 1.29 is 4.39 Å². The van der Waals surface area contributed by atoms with E-state index in [9.17, 15) is 4.39 Å². The van der Waals surface area contributed by atoms with E-state index in [0.717, 1.165) is 5.56 Å². The molecule has 0 aliphatic rings. The molecule has 17 heavy (non-hydrogen) atoms. The van der Waals surface area contributed by atoms with Gasteiger partial charge >= 0.3 is 0 Å². The Balaban J connectivity index is 2.35. The maximum absolute atomic E-state index is 13.1. The average molecular weight is 230 g/mol. The van der Waals surface area contributed by atoms with Gasteiger partial charge in [-0.15, -0.1) is 0 Å². The maximum Gasteiger partial charge on any atom is 0.148 e. The first kappa shape index (κ1) is 11.1. The normalized spacial score (nSPS) is 10.2. The Labute approximate surface area is 98.1 Å². The molecule has 0 aliphatic heterocycles. The van der Waals surface area contributed by atoms with Crippen LogP contribution in [0.1, 0.15) is 16.7 Å². The molecule has 1 aromatic heterocycles. The third kappa shape index (κ3) is 2.26. The number of nitrogens with zero attached hydrogens (tertiary/aromatic N) is 3. The molecule has 1 heterocycles. The molecule has 0 spiro atoms. The molecule has 0 radical (unpaired) electrons. The number of aromatic nitrogens is 2. The van der Waals surface area contributed by atoms with Gasteiger partial charge in [0.1, 0.15) is 11.6 Å². The van der Waals surface area contributed by atoms with Gasteiger partial charge in [0.05, 0.1) is 18.2 Å². The number of nitrogen functional groups attached to an aromatic ring is 1. The lowest BCUT2D eigenvalue weighted by molar-refractivity contribution is 0.619. The Morgan fingerprint density at radius 3 is 2.88 bits per heavy atom. The van der Waals surface area contributed by atoms with E-state index in [0.29, 0.717) is 23.5 Å². The van der Waals surface area contributed by atoms with Gasteiger partial charge in [-0.2, -0.15) is 10.4 Å². The number of hydrogen-bond donors (Lipinski definition) is 1. The van der Waals surface area contributed by atoms with Crippen molar-refractivity contribution in [2.45, 2.75) is 13.5 Å². The largest absolute Gasteiger partial charge is 0.382 e. The highest BCUT2D eigenvalue weighted by atomic mass is 19.1. The molecule has 0 saturated carbocycles. The van der Waals surface area contributed by atoms with Crippen LogP contribution in [-0.4, -0.2) is 9.78 Å². The van der Waals surface area contributed by atoms with E-state index < -0.39 is 0 Å². The summed E-state index contributed by atoms with van der Waals surface area (Å²) in [6, 6.07) is 6.10. The van der Waals surface area contributed by atoms with Crippen molar-refractivity contribution in [3.63, 3.8) is 0 Å². The number of nitriles is 1. The van der Waals surface area contributed by atoms with Crippen molar-refractivity contribution in [3.05, 3.63) is 46.9 Å². The Bertz CT molecular complexity index is 576. The van der Waals surface area contributed by atoms with Gasteiger partial charge in [-0.1, -0.05) is 0 Å². The average Bonchev–Trinajstić information content (AvgIpc) is 2.58. The molecule has 2 aromatic rings. The molecule has 0 saturated heterocycles. The lowest BCUT2D eigenvalue weighted by atomic mass is 10.1. The first-order valence-electron chi connectivity index (χ1n) is 5.08. The second-order valence-electron chi connectivity index (χ2n) is 3.81. The van der Waals surface area contributed by atoms with Gasteiger partial charge in [-0.25, -0.2) is 4.39 Å². The standard InChI is InChI=1S/C12H11FN4/c1-8-6-17(16-12(8)15)7-10-4-11(13)3-2-9(10)5-14/h2-4,6H,7H2,1H3,(H2,15,16). The number of nitrogens with two attached hydrogens (primary N) is 1. The Morgan fingerprint density at radius 2 is 2.29 bits per heavy atom. The minimum atomic E-state index is -0.365. The van der Waals surface area contributed by atoms with Crippen LogP contribution < -0.4 is 5.73 Å². The fourth-order valence-electron chi connectivity index (χ4n) is 1.59. The summed E-state index contributed by atoms with van der Waals surface area (Å²) < 4.78 is 14.7. The van der Waals surface area contributed by atoms with E-state index in [-0.39, 0.29) is 5.82 Å². The predicted molar refractivity (Wildman–Crippen MR) is 61.6 cm³/mol. The fraction of sp³-hybridized carbons (Fsp3) is 0.167.